The van der Waals surface area contributed by atoms with Crippen molar-refractivity contribution in [1.82, 2.24) is 0 Å². The Hall–Kier alpha value is -2.70. The number of carbonyl (C=O) groups excluding carboxylic acids is 1. The molecule has 0 aliphatic carbocycles. The van der Waals surface area contributed by atoms with Gasteiger partial charge in [0.15, 0.2) is 6.29 Å². The lowest BCUT2D eigenvalue weighted by molar-refractivity contribution is 0.112. The van der Waals surface area contributed by atoms with E-state index in [1.165, 1.54) is 0 Å². The van der Waals surface area contributed by atoms with Crippen LogP contribution in [0.3, 0.4) is 0 Å². The Morgan fingerprint density at radius 3 is 2.25 bits per heavy atom. The Morgan fingerprint density at radius 1 is 1.05 bits per heavy atom. The fraction of sp³-hybridized carbons (Fsp3) is 0.0588. The molecule has 0 saturated carbocycles. The highest BCUT2D eigenvalue weighted by Gasteiger charge is 2.13. The third-order valence-electron chi connectivity index (χ3n) is 2.97. The minimum absolute atomic E-state index is 0.200. The predicted molar refractivity (Wildman–Crippen MR) is 76.8 cm³/mol. The van der Waals surface area contributed by atoms with E-state index in [1.807, 2.05) is 12.1 Å². The first-order valence-corrected chi connectivity index (χ1v) is 6.15. The van der Waals surface area contributed by atoms with E-state index in [-0.39, 0.29) is 5.57 Å². The van der Waals surface area contributed by atoms with Crippen LogP contribution in [-0.2, 0) is 0 Å². The van der Waals surface area contributed by atoms with E-state index >= 15 is 0 Å². The summed E-state index contributed by atoms with van der Waals surface area (Å²) < 4.78 is 0. The van der Waals surface area contributed by atoms with E-state index in [0.717, 1.165) is 6.29 Å². The molecule has 0 fully saturated rings. The summed E-state index contributed by atoms with van der Waals surface area (Å²) in [6.07, 6.45) is 1.28. The zero-order chi connectivity index (χ0) is 14.4. The van der Waals surface area contributed by atoms with Crippen LogP contribution in [0.2, 0.25) is 0 Å². The number of aliphatic hydroxyl groups is 1. The number of rotatable bonds is 4. The van der Waals surface area contributed by atoms with Gasteiger partial charge in [-0.15, -0.1) is 0 Å². The predicted octanol–water partition coefficient (Wildman–Crippen LogP) is 3.14. The minimum atomic E-state index is -0.999. The van der Waals surface area contributed by atoms with Crippen LogP contribution >= 0.6 is 0 Å². The third kappa shape index (κ3) is 3.00. The molecule has 0 aliphatic rings. The standard InChI is InChI=1S/C17H13NO2/c18-11-16(17(20)13-6-2-1-3-7-13)10-14-8-4-5-9-15(14)12-19/h1-10,12,17,20H/b16-10+. The quantitative estimate of drug-likeness (QED) is 0.681. The Labute approximate surface area is 117 Å². The first-order valence-electron chi connectivity index (χ1n) is 6.15. The summed E-state index contributed by atoms with van der Waals surface area (Å²) in [5.74, 6) is 0. The molecule has 2 aromatic carbocycles. The van der Waals surface area contributed by atoms with Crippen LogP contribution < -0.4 is 0 Å². The number of aliphatic hydroxyl groups excluding tert-OH is 1. The average Bonchev–Trinajstić information content (AvgIpc) is 2.53. The molecule has 1 atom stereocenters. The lowest BCUT2D eigenvalue weighted by Gasteiger charge is -2.10. The van der Waals surface area contributed by atoms with Gasteiger partial charge in [-0.1, -0.05) is 54.6 Å². The summed E-state index contributed by atoms with van der Waals surface area (Å²) in [6.45, 7) is 0. The number of hydrogen-bond donors (Lipinski definition) is 1. The molecule has 0 spiro atoms. The third-order valence-corrected chi connectivity index (χ3v) is 2.97. The lowest BCUT2D eigenvalue weighted by atomic mass is 9.99. The monoisotopic (exact) mass is 263 g/mol. The largest absolute Gasteiger partial charge is 0.383 e. The van der Waals surface area contributed by atoms with Crippen molar-refractivity contribution in [2.45, 2.75) is 6.10 Å². The Kier molecular flexibility index (Phi) is 4.43. The van der Waals surface area contributed by atoms with Crippen LogP contribution in [0.4, 0.5) is 0 Å². The second-order valence-electron chi connectivity index (χ2n) is 4.27. The molecule has 0 radical (unpaired) electrons. The van der Waals surface area contributed by atoms with Crippen LogP contribution in [0.25, 0.3) is 6.08 Å². The van der Waals surface area contributed by atoms with Crippen molar-refractivity contribution >= 4 is 12.4 Å². The SMILES string of the molecule is N#C/C(=C\c1ccccc1C=O)C(O)c1ccccc1. The molecular formula is C17H13NO2. The molecule has 2 rings (SSSR count). The Morgan fingerprint density at radius 2 is 1.65 bits per heavy atom. The zero-order valence-corrected chi connectivity index (χ0v) is 10.7. The van der Waals surface area contributed by atoms with Gasteiger partial charge < -0.3 is 5.11 Å². The molecule has 0 saturated heterocycles. The minimum Gasteiger partial charge on any atom is -0.383 e. The molecule has 0 bridgehead atoms. The molecule has 0 heterocycles. The maximum absolute atomic E-state index is 11.0. The molecule has 0 amide bonds. The van der Waals surface area contributed by atoms with Gasteiger partial charge in [0.05, 0.1) is 11.6 Å². The topological polar surface area (TPSA) is 61.1 Å². The van der Waals surface area contributed by atoms with Crippen LogP contribution in [0.15, 0.2) is 60.2 Å². The molecule has 98 valence electrons. The lowest BCUT2D eigenvalue weighted by Crippen LogP contribution is -2.00. The molecular weight excluding hydrogens is 250 g/mol. The average molecular weight is 263 g/mol. The van der Waals surface area contributed by atoms with E-state index < -0.39 is 6.10 Å². The van der Waals surface area contributed by atoms with Crippen LogP contribution in [-0.4, -0.2) is 11.4 Å². The first kappa shape index (κ1) is 13.7. The van der Waals surface area contributed by atoms with Gasteiger partial charge in [-0.25, -0.2) is 0 Å². The maximum Gasteiger partial charge on any atom is 0.150 e. The van der Waals surface area contributed by atoms with Crippen molar-refractivity contribution in [2.24, 2.45) is 0 Å². The van der Waals surface area contributed by atoms with Gasteiger partial charge in [-0.2, -0.15) is 5.26 Å². The summed E-state index contributed by atoms with van der Waals surface area (Å²) in [4.78, 5) is 11.0. The zero-order valence-electron chi connectivity index (χ0n) is 10.7. The van der Waals surface area contributed by atoms with E-state index in [1.54, 1.807) is 54.6 Å². The second-order valence-corrected chi connectivity index (χ2v) is 4.27. The van der Waals surface area contributed by atoms with Gasteiger partial charge in [0.2, 0.25) is 0 Å². The normalized spacial score (nSPS) is 12.5. The first-order chi connectivity index (χ1) is 9.76. The highest BCUT2D eigenvalue weighted by Crippen LogP contribution is 2.23. The Bertz CT molecular complexity index is 669. The second kappa shape index (κ2) is 6.46. The number of nitrogens with zero attached hydrogens (tertiary/aromatic N) is 1. The number of aldehydes is 1. The number of hydrogen-bond acceptors (Lipinski definition) is 3. The van der Waals surface area contributed by atoms with Gasteiger partial charge >= 0.3 is 0 Å². The summed E-state index contributed by atoms with van der Waals surface area (Å²) in [5.41, 5.74) is 1.95. The van der Waals surface area contributed by atoms with Gasteiger partial charge in [0.25, 0.3) is 0 Å². The van der Waals surface area contributed by atoms with E-state index in [9.17, 15) is 15.2 Å². The molecule has 1 N–H and O–H groups in total. The molecule has 3 nitrogen and oxygen atoms in total. The molecule has 20 heavy (non-hydrogen) atoms. The maximum atomic E-state index is 11.0. The molecule has 3 heteroatoms. The molecule has 0 aromatic heterocycles. The number of benzene rings is 2. The van der Waals surface area contributed by atoms with Crippen molar-refractivity contribution in [3.05, 3.63) is 76.9 Å². The van der Waals surface area contributed by atoms with Crippen molar-refractivity contribution in [3.63, 3.8) is 0 Å². The van der Waals surface area contributed by atoms with E-state index in [2.05, 4.69) is 0 Å². The van der Waals surface area contributed by atoms with Crippen molar-refractivity contribution in [3.8, 4) is 6.07 Å². The Balaban J connectivity index is 2.40. The van der Waals surface area contributed by atoms with Crippen LogP contribution in [0.1, 0.15) is 27.6 Å². The highest BCUT2D eigenvalue weighted by molar-refractivity contribution is 5.82. The van der Waals surface area contributed by atoms with Crippen LogP contribution in [0.5, 0.6) is 0 Å². The summed E-state index contributed by atoms with van der Waals surface area (Å²) >= 11 is 0. The number of carbonyl (C=O) groups is 1. The molecule has 0 aliphatic heterocycles. The van der Waals surface area contributed by atoms with Crippen molar-refractivity contribution in [2.75, 3.05) is 0 Å². The van der Waals surface area contributed by atoms with Gasteiger partial charge in [-0.3, -0.25) is 4.79 Å². The van der Waals surface area contributed by atoms with E-state index in [0.29, 0.717) is 16.7 Å². The van der Waals surface area contributed by atoms with Gasteiger partial charge in [-0.05, 0) is 17.2 Å². The van der Waals surface area contributed by atoms with Gasteiger partial charge in [0.1, 0.15) is 6.10 Å². The van der Waals surface area contributed by atoms with E-state index in [4.69, 9.17) is 0 Å². The van der Waals surface area contributed by atoms with Crippen LogP contribution in [0, 0.1) is 11.3 Å². The van der Waals surface area contributed by atoms with Gasteiger partial charge in [0, 0.05) is 5.56 Å². The molecule has 1 unspecified atom stereocenters. The summed E-state index contributed by atoms with van der Waals surface area (Å²) in [7, 11) is 0. The highest BCUT2D eigenvalue weighted by atomic mass is 16.3. The fourth-order valence-electron chi connectivity index (χ4n) is 1.90. The summed E-state index contributed by atoms with van der Waals surface area (Å²) in [5, 5.41) is 19.4. The smallest absolute Gasteiger partial charge is 0.150 e. The summed E-state index contributed by atoms with van der Waals surface area (Å²) in [6, 6.07) is 17.9. The fourth-order valence-corrected chi connectivity index (χ4v) is 1.90. The molecule has 2 aromatic rings. The van der Waals surface area contributed by atoms with Crippen molar-refractivity contribution < 1.29 is 9.90 Å². The van der Waals surface area contributed by atoms with Crippen molar-refractivity contribution in [1.29, 1.82) is 5.26 Å². The number of nitriles is 1.